The first-order valence-electron chi connectivity index (χ1n) is 11.9. The molecule has 2 aliphatic heterocycles. The molecule has 182 valence electrons. The predicted molar refractivity (Wildman–Crippen MR) is 155 cm³/mol. The van der Waals surface area contributed by atoms with Crippen LogP contribution in [0.1, 0.15) is 29.2 Å². The van der Waals surface area contributed by atoms with Crippen LogP contribution in [0, 0.1) is 0 Å². The number of amidine groups is 1. The molecule has 7 heteroatoms. The van der Waals surface area contributed by atoms with Crippen molar-refractivity contribution in [3.05, 3.63) is 117 Å². The normalized spacial score (nSPS) is 18.4. The van der Waals surface area contributed by atoms with Crippen LogP contribution < -0.4 is 4.74 Å². The fourth-order valence-corrected chi connectivity index (χ4v) is 5.89. The van der Waals surface area contributed by atoms with Gasteiger partial charge in [-0.2, -0.15) is 10.1 Å². The van der Waals surface area contributed by atoms with Gasteiger partial charge in [-0.15, -0.1) is 0 Å². The summed E-state index contributed by atoms with van der Waals surface area (Å²) in [5, 5.41) is 9.87. The Morgan fingerprint density at radius 1 is 0.973 bits per heavy atom. The van der Waals surface area contributed by atoms with E-state index >= 15 is 0 Å². The average molecular weight is 568 g/mol. The SMILES string of the molecule is COc1ccc(C2CC(c3ccc4ccccc4c3)=NN2C2=NC(=O)/C(=C/c3cccc(Br)c3)S2)cc1. The number of aliphatic imine (C=N–C) groups is 1. The lowest BCUT2D eigenvalue weighted by molar-refractivity contribution is -0.113. The lowest BCUT2D eigenvalue weighted by atomic mass is 9.97. The Labute approximate surface area is 227 Å². The molecule has 0 saturated carbocycles. The summed E-state index contributed by atoms with van der Waals surface area (Å²) in [4.78, 5) is 17.9. The molecule has 5 nitrogen and oxygen atoms in total. The Kier molecular flexibility index (Phi) is 6.40. The van der Waals surface area contributed by atoms with Crippen LogP contribution in [0.5, 0.6) is 5.75 Å². The second kappa shape index (κ2) is 10.00. The van der Waals surface area contributed by atoms with Gasteiger partial charge >= 0.3 is 0 Å². The Morgan fingerprint density at radius 2 is 1.78 bits per heavy atom. The van der Waals surface area contributed by atoms with Crippen LogP contribution in [0.25, 0.3) is 16.8 Å². The lowest BCUT2D eigenvalue weighted by Crippen LogP contribution is -2.23. The van der Waals surface area contributed by atoms with Crippen LogP contribution in [0.2, 0.25) is 0 Å². The number of hydrogen-bond acceptors (Lipinski definition) is 5. The van der Waals surface area contributed by atoms with E-state index in [2.05, 4.69) is 63.4 Å². The Bertz CT molecular complexity index is 1610. The maximum absolute atomic E-state index is 12.9. The number of hydrogen-bond donors (Lipinski definition) is 0. The molecule has 2 heterocycles. The van der Waals surface area contributed by atoms with E-state index in [1.807, 2.05) is 59.6 Å². The molecule has 0 aromatic heterocycles. The fraction of sp³-hybridized carbons (Fsp3) is 0.100. The minimum absolute atomic E-state index is 0.0864. The summed E-state index contributed by atoms with van der Waals surface area (Å²) in [5.74, 6) is 0.550. The highest BCUT2D eigenvalue weighted by Gasteiger charge is 2.36. The molecular weight excluding hydrogens is 546 g/mol. The number of benzene rings is 4. The molecule has 0 bridgehead atoms. The van der Waals surface area contributed by atoms with Gasteiger partial charge in [0.15, 0.2) is 5.17 Å². The van der Waals surface area contributed by atoms with Crippen molar-refractivity contribution in [2.24, 2.45) is 10.1 Å². The van der Waals surface area contributed by atoms with Crippen molar-refractivity contribution < 1.29 is 9.53 Å². The molecule has 0 aliphatic carbocycles. The summed E-state index contributed by atoms with van der Waals surface area (Å²) in [6, 6.07) is 30.5. The van der Waals surface area contributed by atoms with Crippen molar-refractivity contribution in [3.8, 4) is 5.75 Å². The van der Waals surface area contributed by atoms with E-state index in [4.69, 9.17) is 9.84 Å². The largest absolute Gasteiger partial charge is 0.497 e. The van der Waals surface area contributed by atoms with Gasteiger partial charge in [0.2, 0.25) is 0 Å². The van der Waals surface area contributed by atoms with Gasteiger partial charge in [0.25, 0.3) is 5.91 Å². The average Bonchev–Trinajstić information content (AvgIpc) is 3.52. The minimum Gasteiger partial charge on any atom is -0.497 e. The van der Waals surface area contributed by atoms with Gasteiger partial charge in [-0.25, -0.2) is 5.01 Å². The molecule has 4 aromatic rings. The number of methoxy groups -OCH3 is 1. The van der Waals surface area contributed by atoms with Crippen LogP contribution in [-0.2, 0) is 4.79 Å². The Balaban J connectivity index is 1.36. The zero-order chi connectivity index (χ0) is 25.4. The highest BCUT2D eigenvalue weighted by Crippen LogP contribution is 2.40. The molecule has 0 spiro atoms. The molecule has 1 amide bonds. The van der Waals surface area contributed by atoms with E-state index in [1.165, 1.54) is 22.5 Å². The van der Waals surface area contributed by atoms with Crippen molar-refractivity contribution >= 4 is 61.3 Å². The number of carbonyl (C=O) groups excluding carboxylic acids is 1. The fourth-order valence-electron chi connectivity index (χ4n) is 4.56. The molecule has 2 aliphatic rings. The maximum Gasteiger partial charge on any atom is 0.286 e. The van der Waals surface area contributed by atoms with Crippen molar-refractivity contribution in [1.29, 1.82) is 0 Å². The van der Waals surface area contributed by atoms with E-state index in [1.54, 1.807) is 7.11 Å². The van der Waals surface area contributed by atoms with E-state index in [-0.39, 0.29) is 11.9 Å². The van der Waals surface area contributed by atoms with Gasteiger partial charge in [0, 0.05) is 10.9 Å². The third-order valence-electron chi connectivity index (χ3n) is 6.45. The van der Waals surface area contributed by atoms with Crippen molar-refractivity contribution in [1.82, 2.24) is 5.01 Å². The molecule has 1 unspecified atom stereocenters. The van der Waals surface area contributed by atoms with E-state index in [0.29, 0.717) is 16.5 Å². The zero-order valence-electron chi connectivity index (χ0n) is 20.0. The van der Waals surface area contributed by atoms with Gasteiger partial charge in [-0.1, -0.05) is 76.6 Å². The predicted octanol–water partition coefficient (Wildman–Crippen LogP) is 7.43. The smallest absolute Gasteiger partial charge is 0.286 e. The quantitative estimate of drug-likeness (QED) is 0.240. The van der Waals surface area contributed by atoms with E-state index < -0.39 is 0 Å². The number of nitrogens with zero attached hydrogens (tertiary/aromatic N) is 3. The number of thioether (sulfide) groups is 1. The van der Waals surface area contributed by atoms with Crippen molar-refractivity contribution in [2.75, 3.05) is 7.11 Å². The molecule has 1 atom stereocenters. The number of hydrazone groups is 1. The van der Waals surface area contributed by atoms with Crippen LogP contribution in [-0.4, -0.2) is 28.9 Å². The van der Waals surface area contributed by atoms with Gasteiger partial charge in [0.1, 0.15) is 5.75 Å². The van der Waals surface area contributed by atoms with Crippen molar-refractivity contribution in [2.45, 2.75) is 12.5 Å². The summed E-state index contributed by atoms with van der Waals surface area (Å²) in [5.41, 5.74) is 4.06. The summed E-state index contributed by atoms with van der Waals surface area (Å²) in [6.45, 7) is 0. The third kappa shape index (κ3) is 4.84. The second-order valence-electron chi connectivity index (χ2n) is 8.81. The monoisotopic (exact) mass is 567 g/mol. The summed E-state index contributed by atoms with van der Waals surface area (Å²) in [7, 11) is 1.66. The first-order valence-corrected chi connectivity index (χ1v) is 13.5. The van der Waals surface area contributed by atoms with Gasteiger partial charge < -0.3 is 4.74 Å². The molecule has 6 rings (SSSR count). The van der Waals surface area contributed by atoms with Gasteiger partial charge in [0.05, 0.1) is 23.8 Å². The number of amides is 1. The minimum atomic E-state index is -0.247. The highest BCUT2D eigenvalue weighted by molar-refractivity contribution is 9.10. The van der Waals surface area contributed by atoms with Crippen LogP contribution in [0.15, 0.2) is 110 Å². The standard InChI is InChI=1S/C30H22BrN3O2S/c1-36-25-13-11-21(12-14-25)27-18-26(23-10-9-20-6-2-3-7-22(20)17-23)33-34(27)30-32-29(35)28(37-30)16-19-5-4-8-24(31)15-19/h2-17,27H,18H2,1H3/b28-16-. The van der Waals surface area contributed by atoms with E-state index in [9.17, 15) is 4.79 Å². The summed E-state index contributed by atoms with van der Waals surface area (Å²) < 4.78 is 6.32. The Hall–Kier alpha value is -3.68. The van der Waals surface area contributed by atoms with Crippen LogP contribution >= 0.6 is 27.7 Å². The number of halogens is 1. The van der Waals surface area contributed by atoms with E-state index in [0.717, 1.165) is 32.6 Å². The molecule has 37 heavy (non-hydrogen) atoms. The molecule has 0 N–H and O–H groups in total. The van der Waals surface area contributed by atoms with Crippen LogP contribution in [0.3, 0.4) is 0 Å². The topological polar surface area (TPSA) is 54.3 Å². The van der Waals surface area contributed by atoms with Crippen molar-refractivity contribution in [3.63, 3.8) is 0 Å². The second-order valence-corrected chi connectivity index (χ2v) is 10.7. The maximum atomic E-state index is 12.9. The number of ether oxygens (including phenoxy) is 1. The number of carbonyl (C=O) groups is 1. The summed E-state index contributed by atoms with van der Waals surface area (Å²) >= 11 is 4.86. The molecule has 0 fully saturated rings. The first kappa shape index (κ1) is 23.7. The lowest BCUT2D eigenvalue weighted by Gasteiger charge is -2.22. The molecule has 0 saturated heterocycles. The first-order chi connectivity index (χ1) is 18.1. The summed E-state index contributed by atoms with van der Waals surface area (Å²) in [6.07, 6.45) is 2.57. The zero-order valence-corrected chi connectivity index (χ0v) is 22.4. The van der Waals surface area contributed by atoms with Gasteiger partial charge in [-0.05, 0) is 75.6 Å². The molecular formula is C30H22BrN3O2S. The Morgan fingerprint density at radius 3 is 2.57 bits per heavy atom. The molecule has 0 radical (unpaired) electrons. The number of rotatable bonds is 4. The number of fused-ring (bicyclic) bond motifs is 1. The molecule has 4 aromatic carbocycles. The highest BCUT2D eigenvalue weighted by atomic mass is 79.9. The van der Waals surface area contributed by atoms with Gasteiger partial charge in [-0.3, -0.25) is 4.79 Å². The van der Waals surface area contributed by atoms with Crippen LogP contribution in [0.4, 0.5) is 0 Å². The third-order valence-corrected chi connectivity index (χ3v) is 7.91.